The SMILES string of the molecule is Cc1nc(-c2ccc(NN)cc2)cn1CCCl. The second-order valence-corrected chi connectivity index (χ2v) is 4.16. The number of halogens is 1. The number of imidazole rings is 1. The molecule has 1 aromatic heterocycles. The van der Waals surface area contributed by atoms with Crippen molar-refractivity contribution in [2.24, 2.45) is 5.84 Å². The summed E-state index contributed by atoms with van der Waals surface area (Å²) in [5.41, 5.74) is 5.50. The van der Waals surface area contributed by atoms with Gasteiger partial charge in [-0.05, 0) is 19.1 Å². The number of benzene rings is 1. The average Bonchev–Trinajstić information content (AvgIpc) is 2.72. The summed E-state index contributed by atoms with van der Waals surface area (Å²) in [5, 5.41) is 0. The van der Waals surface area contributed by atoms with Gasteiger partial charge in [-0.1, -0.05) is 12.1 Å². The molecule has 5 heteroatoms. The van der Waals surface area contributed by atoms with E-state index in [1.807, 2.05) is 37.4 Å². The average molecular weight is 251 g/mol. The van der Waals surface area contributed by atoms with E-state index in [0.29, 0.717) is 5.88 Å². The van der Waals surface area contributed by atoms with Crippen LogP contribution in [0.2, 0.25) is 0 Å². The summed E-state index contributed by atoms with van der Waals surface area (Å²) in [5.74, 6) is 6.89. The highest BCUT2D eigenvalue weighted by Crippen LogP contribution is 2.20. The first-order chi connectivity index (χ1) is 8.24. The smallest absolute Gasteiger partial charge is 0.106 e. The lowest BCUT2D eigenvalue weighted by Gasteiger charge is -2.00. The number of alkyl halides is 1. The van der Waals surface area contributed by atoms with Crippen LogP contribution in [-0.4, -0.2) is 15.4 Å². The van der Waals surface area contributed by atoms with Crippen molar-refractivity contribution in [2.45, 2.75) is 13.5 Å². The molecule has 0 saturated carbocycles. The Morgan fingerprint density at radius 1 is 1.35 bits per heavy atom. The third kappa shape index (κ3) is 2.60. The molecule has 0 aliphatic rings. The Labute approximate surface area is 105 Å². The van der Waals surface area contributed by atoms with Crippen molar-refractivity contribution >= 4 is 17.3 Å². The molecule has 4 nitrogen and oxygen atoms in total. The fourth-order valence-corrected chi connectivity index (χ4v) is 1.88. The zero-order valence-corrected chi connectivity index (χ0v) is 10.4. The van der Waals surface area contributed by atoms with Gasteiger partial charge >= 0.3 is 0 Å². The first-order valence-electron chi connectivity index (χ1n) is 5.41. The molecule has 0 fully saturated rings. The van der Waals surface area contributed by atoms with Gasteiger partial charge in [0.25, 0.3) is 0 Å². The number of nitrogens with zero attached hydrogens (tertiary/aromatic N) is 2. The zero-order chi connectivity index (χ0) is 12.3. The van der Waals surface area contributed by atoms with Gasteiger partial charge in [-0.25, -0.2) is 4.98 Å². The van der Waals surface area contributed by atoms with Gasteiger partial charge in [-0.15, -0.1) is 11.6 Å². The summed E-state index contributed by atoms with van der Waals surface area (Å²) in [6.07, 6.45) is 2.02. The molecule has 0 aliphatic heterocycles. The van der Waals surface area contributed by atoms with Crippen LogP contribution in [0.5, 0.6) is 0 Å². The van der Waals surface area contributed by atoms with Crippen LogP contribution in [0.1, 0.15) is 5.82 Å². The number of aryl methyl sites for hydroxylation is 2. The van der Waals surface area contributed by atoms with Crippen LogP contribution in [0.3, 0.4) is 0 Å². The molecule has 0 radical (unpaired) electrons. The molecule has 0 unspecified atom stereocenters. The van der Waals surface area contributed by atoms with Gasteiger partial charge in [0, 0.05) is 29.9 Å². The van der Waals surface area contributed by atoms with Crippen LogP contribution in [-0.2, 0) is 6.54 Å². The monoisotopic (exact) mass is 250 g/mol. The Kier molecular flexibility index (Phi) is 3.66. The minimum absolute atomic E-state index is 0.590. The Morgan fingerprint density at radius 2 is 2.06 bits per heavy atom. The molecule has 0 aliphatic carbocycles. The number of nitrogens with one attached hydrogen (secondary N) is 1. The van der Waals surface area contributed by atoms with Crippen molar-refractivity contribution in [2.75, 3.05) is 11.3 Å². The number of nitrogen functional groups attached to an aromatic ring is 1. The second-order valence-electron chi connectivity index (χ2n) is 3.78. The molecule has 2 aromatic rings. The lowest BCUT2D eigenvalue weighted by atomic mass is 10.1. The number of rotatable bonds is 4. The first kappa shape index (κ1) is 12.0. The van der Waals surface area contributed by atoms with E-state index in [2.05, 4.69) is 15.0 Å². The van der Waals surface area contributed by atoms with Gasteiger partial charge in [0.2, 0.25) is 0 Å². The summed E-state index contributed by atoms with van der Waals surface area (Å²) in [7, 11) is 0. The van der Waals surface area contributed by atoms with E-state index in [-0.39, 0.29) is 0 Å². The van der Waals surface area contributed by atoms with E-state index in [9.17, 15) is 0 Å². The summed E-state index contributed by atoms with van der Waals surface area (Å²) >= 11 is 5.73. The Morgan fingerprint density at radius 3 is 2.65 bits per heavy atom. The van der Waals surface area contributed by atoms with Crippen LogP contribution >= 0.6 is 11.6 Å². The van der Waals surface area contributed by atoms with Crippen LogP contribution in [0.4, 0.5) is 5.69 Å². The molecule has 0 amide bonds. The van der Waals surface area contributed by atoms with Gasteiger partial charge in [0.05, 0.1) is 5.69 Å². The number of hydrogen-bond acceptors (Lipinski definition) is 3. The minimum Gasteiger partial charge on any atom is -0.333 e. The summed E-state index contributed by atoms with van der Waals surface area (Å²) in [4.78, 5) is 4.51. The van der Waals surface area contributed by atoms with Crippen molar-refractivity contribution < 1.29 is 0 Å². The van der Waals surface area contributed by atoms with Crippen molar-refractivity contribution in [1.29, 1.82) is 0 Å². The van der Waals surface area contributed by atoms with Gasteiger partial charge < -0.3 is 9.99 Å². The third-order valence-electron chi connectivity index (χ3n) is 2.65. The van der Waals surface area contributed by atoms with Crippen LogP contribution < -0.4 is 11.3 Å². The number of anilines is 1. The van der Waals surface area contributed by atoms with E-state index < -0.39 is 0 Å². The molecule has 2 rings (SSSR count). The van der Waals surface area contributed by atoms with E-state index >= 15 is 0 Å². The standard InChI is InChI=1S/C12H15ClN4/c1-9-15-12(8-17(9)7-6-13)10-2-4-11(16-14)5-3-10/h2-5,8,16H,6-7,14H2,1H3. The zero-order valence-electron chi connectivity index (χ0n) is 9.65. The molecule has 90 valence electrons. The number of aromatic nitrogens is 2. The van der Waals surface area contributed by atoms with Gasteiger partial charge in [0.1, 0.15) is 5.82 Å². The topological polar surface area (TPSA) is 55.9 Å². The predicted octanol–water partition coefficient (Wildman–Crippen LogP) is 2.38. The highest BCUT2D eigenvalue weighted by Gasteiger charge is 2.05. The fraction of sp³-hybridized carbons (Fsp3) is 0.250. The summed E-state index contributed by atoms with van der Waals surface area (Å²) in [6, 6.07) is 7.82. The number of hydrazine groups is 1. The Balaban J connectivity index is 2.29. The minimum atomic E-state index is 0.590. The second kappa shape index (κ2) is 5.21. The number of nitrogens with two attached hydrogens (primary N) is 1. The Bertz CT molecular complexity index is 490. The predicted molar refractivity (Wildman–Crippen MR) is 70.9 cm³/mol. The summed E-state index contributed by atoms with van der Waals surface area (Å²) < 4.78 is 2.05. The Hall–Kier alpha value is -1.52. The number of hydrogen-bond donors (Lipinski definition) is 2. The highest BCUT2D eigenvalue weighted by molar-refractivity contribution is 6.17. The molecule has 0 bridgehead atoms. The lowest BCUT2D eigenvalue weighted by Crippen LogP contribution is -2.05. The maximum absolute atomic E-state index is 5.73. The maximum atomic E-state index is 5.73. The van der Waals surface area contributed by atoms with E-state index in [1.165, 1.54) is 0 Å². The lowest BCUT2D eigenvalue weighted by molar-refractivity contribution is 0.735. The molecule has 1 aromatic carbocycles. The largest absolute Gasteiger partial charge is 0.333 e. The fourth-order valence-electron chi connectivity index (χ4n) is 1.70. The molecule has 1 heterocycles. The van der Waals surface area contributed by atoms with E-state index in [1.54, 1.807) is 0 Å². The quantitative estimate of drug-likeness (QED) is 0.498. The van der Waals surface area contributed by atoms with Crippen molar-refractivity contribution in [3.8, 4) is 11.3 Å². The molecule has 3 N–H and O–H groups in total. The molecule has 0 atom stereocenters. The van der Waals surface area contributed by atoms with Crippen LogP contribution in [0.15, 0.2) is 30.5 Å². The normalized spacial score (nSPS) is 10.5. The van der Waals surface area contributed by atoms with Gasteiger partial charge in [-0.2, -0.15) is 0 Å². The van der Waals surface area contributed by atoms with Crippen molar-refractivity contribution in [1.82, 2.24) is 9.55 Å². The van der Waals surface area contributed by atoms with E-state index in [0.717, 1.165) is 29.3 Å². The van der Waals surface area contributed by atoms with Crippen LogP contribution in [0, 0.1) is 6.92 Å². The van der Waals surface area contributed by atoms with Gasteiger partial charge in [0.15, 0.2) is 0 Å². The molecule has 17 heavy (non-hydrogen) atoms. The molecule has 0 saturated heterocycles. The molecular formula is C12H15ClN4. The third-order valence-corrected chi connectivity index (χ3v) is 2.82. The van der Waals surface area contributed by atoms with Crippen LogP contribution in [0.25, 0.3) is 11.3 Å². The molecule has 0 spiro atoms. The highest BCUT2D eigenvalue weighted by atomic mass is 35.5. The summed E-state index contributed by atoms with van der Waals surface area (Å²) in [6.45, 7) is 2.76. The maximum Gasteiger partial charge on any atom is 0.106 e. The first-order valence-corrected chi connectivity index (χ1v) is 5.95. The van der Waals surface area contributed by atoms with Gasteiger partial charge in [-0.3, -0.25) is 5.84 Å². The van der Waals surface area contributed by atoms with Crippen molar-refractivity contribution in [3.05, 3.63) is 36.3 Å². The molecular weight excluding hydrogens is 236 g/mol. The van der Waals surface area contributed by atoms with Crippen molar-refractivity contribution in [3.63, 3.8) is 0 Å². The van der Waals surface area contributed by atoms with E-state index in [4.69, 9.17) is 17.4 Å².